The zero-order chi connectivity index (χ0) is 16.0. The number of carbonyl (C=O) groups is 1. The first-order valence-electron chi connectivity index (χ1n) is 8.08. The van der Waals surface area contributed by atoms with Crippen LogP contribution in [0.1, 0.15) is 60.1 Å². The van der Waals surface area contributed by atoms with E-state index < -0.39 is 11.6 Å². The van der Waals surface area contributed by atoms with E-state index in [2.05, 4.69) is 0 Å². The summed E-state index contributed by atoms with van der Waals surface area (Å²) in [5, 5.41) is 0. The lowest BCUT2D eigenvalue weighted by atomic mass is 9.89. The molecule has 3 heterocycles. The van der Waals surface area contributed by atoms with Crippen LogP contribution >= 0.6 is 0 Å². The number of hydrogen-bond donors (Lipinski definition) is 0. The van der Waals surface area contributed by atoms with E-state index in [-0.39, 0.29) is 17.2 Å². The summed E-state index contributed by atoms with van der Waals surface area (Å²) in [6, 6.07) is 4.08. The Bertz CT molecular complexity index is 801. The van der Waals surface area contributed by atoms with Crippen LogP contribution in [0, 0.1) is 0 Å². The van der Waals surface area contributed by atoms with Crippen LogP contribution in [0.25, 0.3) is 0 Å². The molecule has 120 valence electrons. The quantitative estimate of drug-likeness (QED) is 0.795. The number of nitrogens with zero attached hydrogens (tertiary/aromatic N) is 1. The second kappa shape index (κ2) is 5.11. The number of furan rings is 1. The summed E-state index contributed by atoms with van der Waals surface area (Å²) in [7, 11) is 0. The SMILES string of the molecule is CC1(CCCc2ccoc2)OC(=O)c2c1ccn(C1CC1)c2=O. The zero-order valence-electron chi connectivity index (χ0n) is 13.1. The van der Waals surface area contributed by atoms with E-state index in [1.165, 1.54) is 0 Å². The number of ether oxygens (including phenoxy) is 1. The minimum Gasteiger partial charge on any atom is -0.472 e. The van der Waals surface area contributed by atoms with E-state index in [1.54, 1.807) is 17.1 Å². The van der Waals surface area contributed by atoms with Crippen molar-refractivity contribution in [2.75, 3.05) is 0 Å². The van der Waals surface area contributed by atoms with Gasteiger partial charge in [0.25, 0.3) is 5.56 Å². The molecule has 1 aliphatic carbocycles. The minimum absolute atomic E-state index is 0.200. The molecule has 1 atom stereocenters. The van der Waals surface area contributed by atoms with Crippen LogP contribution in [-0.2, 0) is 16.8 Å². The summed E-state index contributed by atoms with van der Waals surface area (Å²) < 4.78 is 12.3. The van der Waals surface area contributed by atoms with E-state index in [9.17, 15) is 9.59 Å². The Kier molecular flexibility index (Phi) is 3.18. The Morgan fingerprint density at radius 1 is 1.30 bits per heavy atom. The van der Waals surface area contributed by atoms with Gasteiger partial charge in [0.15, 0.2) is 0 Å². The zero-order valence-corrected chi connectivity index (χ0v) is 13.1. The number of carbonyl (C=O) groups excluding carboxylic acids is 1. The minimum atomic E-state index is -0.710. The van der Waals surface area contributed by atoms with E-state index in [4.69, 9.17) is 9.15 Å². The number of aromatic nitrogens is 1. The molecule has 1 aliphatic heterocycles. The van der Waals surface area contributed by atoms with Crippen molar-refractivity contribution in [1.29, 1.82) is 0 Å². The lowest BCUT2D eigenvalue weighted by molar-refractivity contribution is -0.00389. The second-order valence-electron chi connectivity index (χ2n) is 6.65. The molecule has 0 amide bonds. The van der Waals surface area contributed by atoms with Crippen molar-refractivity contribution in [3.8, 4) is 0 Å². The van der Waals surface area contributed by atoms with Crippen LogP contribution in [0.2, 0.25) is 0 Å². The first-order chi connectivity index (χ1) is 11.1. The monoisotopic (exact) mass is 313 g/mol. The second-order valence-corrected chi connectivity index (χ2v) is 6.65. The normalized spacial score (nSPS) is 22.9. The van der Waals surface area contributed by atoms with Crippen LogP contribution in [0.4, 0.5) is 0 Å². The van der Waals surface area contributed by atoms with Crippen molar-refractivity contribution in [2.24, 2.45) is 0 Å². The number of hydrogen-bond acceptors (Lipinski definition) is 4. The van der Waals surface area contributed by atoms with Gasteiger partial charge >= 0.3 is 5.97 Å². The molecule has 5 heteroatoms. The van der Waals surface area contributed by atoms with Gasteiger partial charge in [0, 0.05) is 17.8 Å². The largest absolute Gasteiger partial charge is 0.472 e. The van der Waals surface area contributed by atoms with E-state index in [0.29, 0.717) is 6.42 Å². The summed E-state index contributed by atoms with van der Waals surface area (Å²) in [5.41, 5.74) is 1.18. The Balaban J connectivity index is 1.58. The molecule has 1 fully saturated rings. The van der Waals surface area contributed by atoms with Gasteiger partial charge in [0.1, 0.15) is 11.2 Å². The van der Waals surface area contributed by atoms with Crippen molar-refractivity contribution in [3.05, 3.63) is 57.9 Å². The van der Waals surface area contributed by atoms with Gasteiger partial charge < -0.3 is 13.7 Å². The fourth-order valence-electron chi connectivity index (χ4n) is 3.39. The molecule has 0 bridgehead atoms. The fourth-order valence-corrected chi connectivity index (χ4v) is 3.39. The third kappa shape index (κ3) is 2.40. The highest BCUT2D eigenvalue weighted by atomic mass is 16.6. The van der Waals surface area contributed by atoms with Crippen molar-refractivity contribution >= 4 is 5.97 Å². The molecule has 2 aromatic heterocycles. The lowest BCUT2D eigenvalue weighted by Crippen LogP contribution is -2.25. The van der Waals surface area contributed by atoms with Gasteiger partial charge in [-0.2, -0.15) is 0 Å². The molecular formula is C18H19NO4. The number of fused-ring (bicyclic) bond motifs is 1. The molecular weight excluding hydrogens is 294 g/mol. The van der Waals surface area contributed by atoms with Crippen LogP contribution in [0.5, 0.6) is 0 Å². The molecule has 23 heavy (non-hydrogen) atoms. The molecule has 1 saturated carbocycles. The maximum Gasteiger partial charge on any atom is 0.345 e. The summed E-state index contributed by atoms with van der Waals surface area (Å²) in [6.45, 7) is 1.90. The first kappa shape index (κ1) is 14.3. The smallest absolute Gasteiger partial charge is 0.345 e. The number of pyridine rings is 1. The van der Waals surface area contributed by atoms with Gasteiger partial charge in [-0.15, -0.1) is 0 Å². The molecule has 2 aromatic rings. The maximum absolute atomic E-state index is 12.6. The highest BCUT2D eigenvalue weighted by Crippen LogP contribution is 2.40. The van der Waals surface area contributed by atoms with Crippen molar-refractivity contribution in [2.45, 2.75) is 50.7 Å². The maximum atomic E-state index is 12.6. The summed E-state index contributed by atoms with van der Waals surface area (Å²) in [4.78, 5) is 24.8. The average molecular weight is 313 g/mol. The predicted octanol–water partition coefficient (Wildman–Crippen LogP) is 3.18. The summed E-state index contributed by atoms with van der Waals surface area (Å²) in [5.74, 6) is -0.481. The molecule has 0 spiro atoms. The van der Waals surface area contributed by atoms with E-state index in [1.807, 2.05) is 25.3 Å². The Morgan fingerprint density at radius 2 is 2.13 bits per heavy atom. The molecule has 4 rings (SSSR count). The topological polar surface area (TPSA) is 61.4 Å². The van der Waals surface area contributed by atoms with Crippen LogP contribution in [-0.4, -0.2) is 10.5 Å². The van der Waals surface area contributed by atoms with Gasteiger partial charge in [-0.25, -0.2) is 4.79 Å². The van der Waals surface area contributed by atoms with Crippen molar-refractivity contribution in [1.82, 2.24) is 4.57 Å². The van der Waals surface area contributed by atoms with Crippen molar-refractivity contribution < 1.29 is 13.9 Å². The molecule has 0 saturated heterocycles. The van der Waals surface area contributed by atoms with E-state index >= 15 is 0 Å². The van der Waals surface area contributed by atoms with E-state index in [0.717, 1.165) is 36.8 Å². The molecule has 1 unspecified atom stereocenters. The third-order valence-electron chi connectivity index (χ3n) is 4.85. The van der Waals surface area contributed by atoms with Crippen LogP contribution in [0.15, 0.2) is 40.1 Å². The molecule has 2 aliphatic rings. The van der Waals surface area contributed by atoms with Crippen LogP contribution in [0.3, 0.4) is 0 Å². The standard InChI is InChI=1S/C18H19NO4/c1-18(8-2-3-12-7-10-22-11-12)14-6-9-19(13-4-5-13)16(20)15(14)17(21)23-18/h6-7,9-11,13H,2-5,8H2,1H3. The Hall–Kier alpha value is -2.30. The Morgan fingerprint density at radius 3 is 2.83 bits per heavy atom. The number of cyclic esters (lactones) is 1. The number of aryl methyl sites for hydroxylation is 1. The molecule has 0 aromatic carbocycles. The van der Waals surface area contributed by atoms with Gasteiger partial charge in [-0.3, -0.25) is 4.79 Å². The van der Waals surface area contributed by atoms with Gasteiger partial charge in [0.05, 0.1) is 12.5 Å². The fraction of sp³-hybridized carbons (Fsp3) is 0.444. The summed E-state index contributed by atoms with van der Waals surface area (Å²) >= 11 is 0. The van der Waals surface area contributed by atoms with Crippen molar-refractivity contribution in [3.63, 3.8) is 0 Å². The average Bonchev–Trinajstić information content (AvgIpc) is 3.15. The lowest BCUT2D eigenvalue weighted by Gasteiger charge is -2.24. The molecule has 5 nitrogen and oxygen atoms in total. The number of esters is 1. The van der Waals surface area contributed by atoms with Gasteiger partial charge in [0.2, 0.25) is 0 Å². The Labute approximate surface area is 133 Å². The van der Waals surface area contributed by atoms with Crippen LogP contribution < -0.4 is 5.56 Å². The molecule has 0 radical (unpaired) electrons. The predicted molar refractivity (Wildman–Crippen MR) is 83.4 cm³/mol. The number of rotatable bonds is 5. The first-order valence-corrected chi connectivity index (χ1v) is 8.08. The highest BCUT2D eigenvalue weighted by Gasteiger charge is 2.44. The highest BCUT2D eigenvalue weighted by molar-refractivity contribution is 5.94. The third-order valence-corrected chi connectivity index (χ3v) is 4.85. The molecule has 0 N–H and O–H groups in total. The van der Waals surface area contributed by atoms with Gasteiger partial charge in [-0.1, -0.05) is 0 Å². The summed E-state index contributed by atoms with van der Waals surface area (Å²) in [6.07, 6.45) is 9.62. The van der Waals surface area contributed by atoms with Gasteiger partial charge in [-0.05, 0) is 56.7 Å².